The first kappa shape index (κ1) is 38.3. The summed E-state index contributed by atoms with van der Waals surface area (Å²) in [6.45, 7) is 5.98. The van der Waals surface area contributed by atoms with E-state index in [2.05, 4.69) is 91.7 Å². The minimum Gasteiger partial charge on any atom is -0.491 e. The summed E-state index contributed by atoms with van der Waals surface area (Å²) in [5.74, 6) is 0.494. The molecule has 0 bridgehead atoms. The molecular weight excluding hydrogens is 704 g/mol. The van der Waals surface area contributed by atoms with Gasteiger partial charge in [-0.05, 0) is 92.0 Å². The number of halogens is 1. The Morgan fingerprint density at radius 3 is 2.43 bits per heavy atom. The Bertz CT molecular complexity index is 2240. The van der Waals surface area contributed by atoms with E-state index in [9.17, 15) is 20.3 Å². The van der Waals surface area contributed by atoms with E-state index in [1.54, 1.807) is 24.4 Å². The fourth-order valence-corrected chi connectivity index (χ4v) is 6.79. The Balaban J connectivity index is 1.25. The number of carboxylic acid groups (broad SMARTS) is 1. The molecule has 5 aromatic rings. The molecule has 10 nitrogen and oxygen atoms in total. The number of aliphatic hydroxyl groups excluding tert-OH is 1. The molecule has 4 aromatic carbocycles. The van der Waals surface area contributed by atoms with Gasteiger partial charge >= 0.3 is 5.97 Å². The number of nitrogens with one attached hydrogen (secondary N) is 1. The molecule has 0 saturated carbocycles. The maximum Gasteiger partial charge on any atom is 0.326 e. The summed E-state index contributed by atoms with van der Waals surface area (Å²) in [5, 5.41) is 31.9. The van der Waals surface area contributed by atoms with E-state index in [1.165, 1.54) is 18.7 Å². The zero-order chi connectivity index (χ0) is 38.6. The monoisotopic (exact) mass is 746 g/mol. The Labute approximate surface area is 320 Å². The lowest BCUT2D eigenvalue weighted by molar-refractivity contribution is -0.145. The van der Waals surface area contributed by atoms with Crippen molar-refractivity contribution in [2.45, 2.75) is 52.1 Å². The van der Waals surface area contributed by atoms with Crippen LogP contribution in [0.1, 0.15) is 51.9 Å². The van der Waals surface area contributed by atoms with Crippen molar-refractivity contribution in [2.75, 3.05) is 27.3 Å². The number of pyridine rings is 1. The first-order valence-electron chi connectivity index (χ1n) is 17.6. The molecular formula is C43H43ClN4O6. The smallest absolute Gasteiger partial charge is 0.326 e. The Kier molecular flexibility index (Phi) is 11.5. The largest absolute Gasteiger partial charge is 0.491 e. The molecule has 2 atom stereocenters. The first-order chi connectivity index (χ1) is 25.9. The lowest BCUT2D eigenvalue weighted by Crippen LogP contribution is -2.52. The molecule has 1 aromatic heterocycles. The van der Waals surface area contributed by atoms with Gasteiger partial charge in [-0.25, -0.2) is 0 Å². The maximum absolute atomic E-state index is 11.8. The summed E-state index contributed by atoms with van der Waals surface area (Å²) in [6, 6.07) is 26.3. The number of hydrogen-bond donors (Lipinski definition) is 3. The van der Waals surface area contributed by atoms with Gasteiger partial charge in [-0.1, -0.05) is 60.1 Å². The van der Waals surface area contributed by atoms with Crippen LogP contribution in [0.15, 0.2) is 85.2 Å². The second-order valence-corrected chi connectivity index (χ2v) is 14.3. The number of benzene rings is 4. The number of aromatic nitrogens is 1. The number of carboxylic acids is 1. The number of ether oxygens (including phenoxy) is 3. The van der Waals surface area contributed by atoms with Crippen molar-refractivity contribution in [2.24, 2.45) is 0 Å². The molecule has 0 fully saturated rings. The van der Waals surface area contributed by atoms with Crippen molar-refractivity contribution in [3.63, 3.8) is 0 Å². The number of aliphatic carboxylic acids is 1. The first-order valence-corrected chi connectivity index (χ1v) is 17.9. The van der Waals surface area contributed by atoms with Crippen molar-refractivity contribution in [1.82, 2.24) is 15.2 Å². The third-order valence-electron chi connectivity index (χ3n) is 10.0. The second kappa shape index (κ2) is 16.3. The van der Waals surface area contributed by atoms with Gasteiger partial charge in [0.05, 0.1) is 23.2 Å². The van der Waals surface area contributed by atoms with Crippen LogP contribution in [0.25, 0.3) is 22.3 Å². The molecule has 0 saturated heterocycles. The summed E-state index contributed by atoms with van der Waals surface area (Å²) >= 11 is 6.76. The normalized spacial score (nSPS) is 14.5. The average Bonchev–Trinajstić information content (AvgIpc) is 3.60. The number of carbonyl (C=O) groups is 1. The predicted octanol–water partition coefficient (Wildman–Crippen LogP) is 7.64. The van der Waals surface area contributed by atoms with Crippen molar-refractivity contribution >= 4 is 17.6 Å². The number of likely N-dealkylation sites (N-methyl/N-ethyl adjacent to an activating group) is 1. The lowest BCUT2D eigenvalue weighted by atomic mass is 9.89. The van der Waals surface area contributed by atoms with Gasteiger partial charge in [0.1, 0.15) is 48.7 Å². The minimum absolute atomic E-state index is 0.0316. The van der Waals surface area contributed by atoms with Gasteiger partial charge < -0.3 is 24.4 Å². The quantitative estimate of drug-likeness (QED) is 0.104. The van der Waals surface area contributed by atoms with E-state index in [0.717, 1.165) is 44.7 Å². The van der Waals surface area contributed by atoms with Crippen molar-refractivity contribution in [1.29, 1.82) is 5.26 Å². The molecule has 2 heterocycles. The van der Waals surface area contributed by atoms with Crippen molar-refractivity contribution < 1.29 is 29.2 Å². The molecule has 0 amide bonds. The second-order valence-electron chi connectivity index (χ2n) is 13.9. The van der Waals surface area contributed by atoms with E-state index in [1.807, 2.05) is 12.1 Å². The minimum atomic E-state index is -1.59. The van der Waals surface area contributed by atoms with E-state index in [4.69, 9.17) is 25.8 Å². The third-order valence-corrected chi connectivity index (χ3v) is 10.3. The highest BCUT2D eigenvalue weighted by molar-refractivity contribution is 6.32. The molecule has 1 aliphatic heterocycles. The molecule has 0 aliphatic carbocycles. The number of nitrogens with zero attached hydrogens (tertiary/aromatic N) is 3. The highest BCUT2D eigenvalue weighted by Crippen LogP contribution is 2.41. The van der Waals surface area contributed by atoms with E-state index in [-0.39, 0.29) is 25.8 Å². The summed E-state index contributed by atoms with van der Waals surface area (Å²) in [6.07, 6.45) is 3.07. The molecule has 1 unspecified atom stereocenters. The van der Waals surface area contributed by atoms with E-state index < -0.39 is 18.1 Å². The Morgan fingerprint density at radius 1 is 0.981 bits per heavy atom. The van der Waals surface area contributed by atoms with Gasteiger partial charge in [-0.3, -0.25) is 20.0 Å². The molecule has 1 aliphatic rings. The number of fused-ring (bicyclic) bond motifs is 1. The van der Waals surface area contributed by atoms with Crippen molar-refractivity contribution in [3.05, 3.63) is 129 Å². The van der Waals surface area contributed by atoms with Gasteiger partial charge in [-0.15, -0.1) is 0 Å². The van der Waals surface area contributed by atoms with Crippen LogP contribution < -0.4 is 19.5 Å². The van der Waals surface area contributed by atoms with Crippen LogP contribution in [0, 0.1) is 25.2 Å². The molecule has 3 N–H and O–H groups in total. The molecule has 6 rings (SSSR count). The van der Waals surface area contributed by atoms with Crippen LogP contribution in [0.3, 0.4) is 0 Å². The number of aliphatic hydroxyl groups is 1. The molecule has 0 radical (unpaired) electrons. The number of nitriles is 1. The zero-order valence-corrected chi connectivity index (χ0v) is 31.7. The van der Waals surface area contributed by atoms with Gasteiger partial charge in [0.2, 0.25) is 0 Å². The summed E-state index contributed by atoms with van der Waals surface area (Å²) < 4.78 is 18.6. The summed E-state index contributed by atoms with van der Waals surface area (Å²) in [7, 11) is 4.14. The van der Waals surface area contributed by atoms with Crippen molar-refractivity contribution in [3.8, 4) is 45.6 Å². The van der Waals surface area contributed by atoms with Crippen LogP contribution in [-0.4, -0.2) is 58.9 Å². The summed E-state index contributed by atoms with van der Waals surface area (Å²) in [5.41, 5.74) is 8.90. The number of rotatable bonds is 14. The fourth-order valence-electron chi connectivity index (χ4n) is 6.55. The van der Waals surface area contributed by atoms with Crippen LogP contribution >= 0.6 is 11.6 Å². The average molecular weight is 747 g/mol. The lowest BCUT2D eigenvalue weighted by Gasteiger charge is -2.25. The molecule has 278 valence electrons. The molecule has 0 spiro atoms. The Hall–Kier alpha value is -5.44. The van der Waals surface area contributed by atoms with Gasteiger partial charge in [0.25, 0.3) is 0 Å². The maximum atomic E-state index is 11.8. The van der Waals surface area contributed by atoms with E-state index >= 15 is 0 Å². The molecule has 11 heteroatoms. The van der Waals surface area contributed by atoms with Gasteiger partial charge in [0.15, 0.2) is 0 Å². The topological polar surface area (TPSA) is 137 Å². The zero-order valence-electron chi connectivity index (χ0n) is 30.9. The standard InChI is InChI=1S/C43H43ClN4O6/c1-26-31(8-6-10-34(26)35-11-7-9-33(27(35)2)30-12-13-36-38(48(4)5)24-54-40(36)16-30)23-53-41-17-39(52-22-29-14-28(18-45)19-46-20-29)32(15-37(41)44)21-47-43(3,25-49)42(50)51/h6-17,19-20,38,47,49H,21-25H2,1-5H3,(H,50,51)/t38?,43-/m0/s1. The van der Waals surface area contributed by atoms with E-state index in [0.29, 0.717) is 39.8 Å². The van der Waals surface area contributed by atoms with Crippen LogP contribution in [0.2, 0.25) is 5.02 Å². The van der Waals surface area contributed by atoms with Gasteiger partial charge in [0, 0.05) is 41.7 Å². The highest BCUT2D eigenvalue weighted by atomic mass is 35.5. The fraction of sp³-hybridized carbons (Fsp3) is 0.279. The number of hydrogen-bond acceptors (Lipinski definition) is 9. The van der Waals surface area contributed by atoms with Crippen LogP contribution in [-0.2, 0) is 24.6 Å². The third kappa shape index (κ3) is 8.05. The predicted molar refractivity (Wildman–Crippen MR) is 208 cm³/mol. The highest BCUT2D eigenvalue weighted by Gasteiger charge is 2.32. The SMILES string of the molecule is Cc1c(COc2cc(OCc3cncc(C#N)c3)c(CN[C@@](C)(CO)C(=O)O)cc2Cl)cccc1-c1cccc(-c2ccc3c(c2)OCC3N(C)C)c1C. The van der Waals surface area contributed by atoms with Crippen LogP contribution in [0.5, 0.6) is 17.2 Å². The molecule has 54 heavy (non-hydrogen) atoms. The van der Waals surface area contributed by atoms with Gasteiger partial charge in [-0.2, -0.15) is 5.26 Å². The Morgan fingerprint density at radius 2 is 1.70 bits per heavy atom. The van der Waals surface area contributed by atoms with Crippen LogP contribution in [0.4, 0.5) is 0 Å². The summed E-state index contributed by atoms with van der Waals surface area (Å²) in [4.78, 5) is 18.1.